The molecule has 0 aliphatic heterocycles. The number of carbonyl (C=O) groups excluding carboxylic acids is 1. The lowest BCUT2D eigenvalue weighted by Crippen LogP contribution is -2.45. The Morgan fingerprint density at radius 3 is 2.33 bits per heavy atom. The van der Waals surface area contributed by atoms with Gasteiger partial charge < -0.3 is 15.5 Å². The number of rotatable bonds is 4. The van der Waals surface area contributed by atoms with Gasteiger partial charge in [-0.3, -0.25) is 4.79 Å². The molecule has 0 rings (SSSR count). The molecule has 0 aliphatic rings. The lowest BCUT2D eigenvalue weighted by Gasteiger charge is -2.12. The standard InChI is InChI=1S/C6H11NO4S/c1-3(12)5(9)7-4(2-8)6(10)11/h3-4,8,12H,2H2,1H3,(H,7,9)(H,10,11)/t3-,4-/m0/s1. The fourth-order valence-electron chi connectivity index (χ4n) is 0.478. The molecule has 0 unspecified atom stereocenters. The Labute approximate surface area is 75.2 Å². The van der Waals surface area contributed by atoms with E-state index in [1.54, 1.807) is 0 Å². The van der Waals surface area contributed by atoms with Crippen molar-refractivity contribution >= 4 is 24.5 Å². The van der Waals surface area contributed by atoms with Gasteiger partial charge in [0.25, 0.3) is 0 Å². The normalized spacial score (nSPS) is 14.9. The number of nitrogens with one attached hydrogen (secondary N) is 1. The highest BCUT2D eigenvalue weighted by molar-refractivity contribution is 7.81. The number of aliphatic carboxylic acids is 1. The van der Waals surface area contributed by atoms with Crippen LogP contribution in [0.2, 0.25) is 0 Å². The number of carbonyl (C=O) groups is 2. The first kappa shape index (κ1) is 11.2. The van der Waals surface area contributed by atoms with E-state index in [-0.39, 0.29) is 0 Å². The summed E-state index contributed by atoms with van der Waals surface area (Å²) in [5, 5.41) is 18.4. The molecule has 0 saturated carbocycles. The SMILES string of the molecule is C[C@H](S)C(=O)N[C@@H](CO)C(=O)O. The Hall–Kier alpha value is -0.750. The average molecular weight is 193 g/mol. The van der Waals surface area contributed by atoms with Crippen LogP contribution in [0.3, 0.4) is 0 Å². The molecule has 12 heavy (non-hydrogen) atoms. The number of thiol groups is 1. The van der Waals surface area contributed by atoms with Gasteiger partial charge in [0.2, 0.25) is 5.91 Å². The first-order chi connectivity index (χ1) is 5.49. The van der Waals surface area contributed by atoms with Crippen molar-refractivity contribution in [1.82, 2.24) is 5.32 Å². The predicted octanol–water partition coefficient (Wildman–Crippen LogP) is -1.13. The average Bonchev–Trinajstić information content (AvgIpc) is 1.98. The van der Waals surface area contributed by atoms with E-state index in [9.17, 15) is 9.59 Å². The summed E-state index contributed by atoms with van der Waals surface area (Å²) in [6.45, 7) is 0.885. The Kier molecular flexibility index (Phi) is 4.68. The minimum Gasteiger partial charge on any atom is -0.480 e. The first-order valence-corrected chi connectivity index (χ1v) is 3.82. The molecule has 2 atom stereocenters. The summed E-state index contributed by atoms with van der Waals surface area (Å²) in [6, 6.07) is -1.24. The van der Waals surface area contributed by atoms with E-state index in [2.05, 4.69) is 17.9 Å². The summed E-state index contributed by atoms with van der Waals surface area (Å²) in [6.07, 6.45) is 0. The summed E-state index contributed by atoms with van der Waals surface area (Å²) in [7, 11) is 0. The molecule has 5 nitrogen and oxygen atoms in total. The van der Waals surface area contributed by atoms with Crippen LogP contribution in [0.5, 0.6) is 0 Å². The molecule has 0 spiro atoms. The molecular formula is C6H11NO4S. The van der Waals surface area contributed by atoms with E-state index in [1.165, 1.54) is 6.92 Å². The zero-order valence-corrected chi connectivity index (χ0v) is 7.41. The lowest BCUT2D eigenvalue weighted by molar-refractivity contribution is -0.142. The molecule has 0 aliphatic carbocycles. The molecule has 0 heterocycles. The number of aliphatic hydroxyl groups excluding tert-OH is 1. The number of aliphatic hydroxyl groups is 1. The minimum absolute atomic E-state index is 0.514. The number of carboxylic acids is 1. The summed E-state index contributed by atoms with van der Waals surface area (Å²) >= 11 is 3.79. The van der Waals surface area contributed by atoms with Crippen molar-refractivity contribution in [3.05, 3.63) is 0 Å². The van der Waals surface area contributed by atoms with Gasteiger partial charge in [-0.15, -0.1) is 0 Å². The number of hydrogen-bond donors (Lipinski definition) is 4. The second-order valence-electron chi connectivity index (χ2n) is 2.26. The van der Waals surface area contributed by atoms with Crippen molar-refractivity contribution in [3.63, 3.8) is 0 Å². The molecule has 6 heteroatoms. The summed E-state index contributed by atoms with van der Waals surface area (Å²) in [5.41, 5.74) is 0. The van der Waals surface area contributed by atoms with Gasteiger partial charge in [0, 0.05) is 0 Å². The highest BCUT2D eigenvalue weighted by Gasteiger charge is 2.20. The van der Waals surface area contributed by atoms with Crippen molar-refractivity contribution in [1.29, 1.82) is 0 Å². The molecule has 0 aromatic rings. The molecule has 0 bridgehead atoms. The third-order valence-electron chi connectivity index (χ3n) is 1.18. The fraction of sp³-hybridized carbons (Fsp3) is 0.667. The molecule has 0 radical (unpaired) electrons. The van der Waals surface area contributed by atoms with Crippen molar-refractivity contribution in [2.45, 2.75) is 18.2 Å². The Morgan fingerprint density at radius 2 is 2.08 bits per heavy atom. The third kappa shape index (κ3) is 3.59. The molecule has 0 aromatic heterocycles. The van der Waals surface area contributed by atoms with Gasteiger partial charge in [0.1, 0.15) is 6.04 Å². The highest BCUT2D eigenvalue weighted by Crippen LogP contribution is 1.93. The van der Waals surface area contributed by atoms with Gasteiger partial charge in [-0.1, -0.05) is 0 Å². The van der Waals surface area contributed by atoms with Crippen LogP contribution in [-0.2, 0) is 9.59 Å². The lowest BCUT2D eigenvalue weighted by atomic mass is 10.3. The molecule has 0 aromatic carbocycles. The summed E-state index contributed by atoms with van der Waals surface area (Å²) in [5.74, 6) is -1.78. The van der Waals surface area contributed by atoms with Gasteiger partial charge in [-0.05, 0) is 6.92 Å². The van der Waals surface area contributed by atoms with Crippen LogP contribution in [0.25, 0.3) is 0 Å². The van der Waals surface area contributed by atoms with E-state index in [1.807, 2.05) is 0 Å². The Balaban J connectivity index is 4.03. The van der Waals surface area contributed by atoms with Gasteiger partial charge >= 0.3 is 5.97 Å². The number of hydrogen-bond acceptors (Lipinski definition) is 4. The fourth-order valence-corrected chi connectivity index (χ4v) is 0.552. The largest absolute Gasteiger partial charge is 0.480 e. The molecule has 0 fully saturated rings. The third-order valence-corrected chi connectivity index (χ3v) is 1.41. The first-order valence-electron chi connectivity index (χ1n) is 3.31. The topological polar surface area (TPSA) is 86.6 Å². The summed E-state index contributed by atoms with van der Waals surface area (Å²) in [4.78, 5) is 21.1. The van der Waals surface area contributed by atoms with Crippen molar-refractivity contribution in [3.8, 4) is 0 Å². The van der Waals surface area contributed by atoms with E-state index >= 15 is 0 Å². The smallest absolute Gasteiger partial charge is 0.328 e. The maximum Gasteiger partial charge on any atom is 0.328 e. The molecule has 70 valence electrons. The quantitative estimate of drug-likeness (QED) is 0.425. The second-order valence-corrected chi connectivity index (χ2v) is 3.03. The van der Waals surface area contributed by atoms with Gasteiger partial charge in [0.05, 0.1) is 11.9 Å². The van der Waals surface area contributed by atoms with Crippen LogP contribution < -0.4 is 5.32 Å². The van der Waals surface area contributed by atoms with Crippen LogP contribution in [0.1, 0.15) is 6.92 Å². The number of amides is 1. The van der Waals surface area contributed by atoms with E-state index in [4.69, 9.17) is 10.2 Å². The van der Waals surface area contributed by atoms with Crippen molar-refractivity contribution in [2.24, 2.45) is 0 Å². The zero-order chi connectivity index (χ0) is 9.72. The number of carboxylic acid groups (broad SMARTS) is 1. The molecular weight excluding hydrogens is 182 g/mol. The van der Waals surface area contributed by atoms with Gasteiger partial charge in [-0.25, -0.2) is 4.79 Å². The minimum atomic E-state index is -1.26. The van der Waals surface area contributed by atoms with Gasteiger partial charge in [0.15, 0.2) is 0 Å². The zero-order valence-electron chi connectivity index (χ0n) is 6.52. The highest BCUT2D eigenvalue weighted by atomic mass is 32.1. The Morgan fingerprint density at radius 1 is 1.58 bits per heavy atom. The molecule has 0 saturated heterocycles. The van der Waals surface area contributed by atoms with E-state index < -0.39 is 29.8 Å². The van der Waals surface area contributed by atoms with E-state index in [0.29, 0.717) is 0 Å². The monoisotopic (exact) mass is 193 g/mol. The van der Waals surface area contributed by atoms with Crippen LogP contribution >= 0.6 is 12.6 Å². The van der Waals surface area contributed by atoms with Crippen LogP contribution in [0.15, 0.2) is 0 Å². The van der Waals surface area contributed by atoms with E-state index in [0.717, 1.165) is 0 Å². The molecule has 3 N–H and O–H groups in total. The van der Waals surface area contributed by atoms with Crippen molar-refractivity contribution < 1.29 is 19.8 Å². The molecule has 1 amide bonds. The van der Waals surface area contributed by atoms with Crippen LogP contribution in [0, 0.1) is 0 Å². The predicted molar refractivity (Wildman–Crippen MR) is 45.1 cm³/mol. The van der Waals surface area contributed by atoms with Gasteiger partial charge in [-0.2, -0.15) is 12.6 Å². The Bertz CT molecular complexity index is 182. The van der Waals surface area contributed by atoms with Crippen LogP contribution in [0.4, 0.5) is 0 Å². The maximum absolute atomic E-state index is 10.9. The van der Waals surface area contributed by atoms with Crippen molar-refractivity contribution in [2.75, 3.05) is 6.61 Å². The maximum atomic E-state index is 10.9. The second kappa shape index (κ2) is 5.00. The van der Waals surface area contributed by atoms with Crippen LogP contribution in [-0.4, -0.2) is 40.0 Å². The summed E-state index contributed by atoms with van der Waals surface area (Å²) < 4.78 is 0.